The molecule has 4 rings (SSSR count). The molecule has 0 N–H and O–H groups in total. The highest BCUT2D eigenvalue weighted by atomic mass is 14.3. The number of nitrogens with zero attached hydrogens (tertiary/aromatic N) is 2. The minimum Gasteiger partial charge on any atom is -0.192 e. The summed E-state index contributed by atoms with van der Waals surface area (Å²) in [4.78, 5) is 0. The molecule has 0 heterocycles. The van der Waals surface area contributed by atoms with E-state index in [1.54, 1.807) is 12.1 Å². The molecule has 0 aliphatic heterocycles. The molecule has 0 atom stereocenters. The molecule has 0 aliphatic carbocycles. The average Bonchev–Trinajstić information content (AvgIpc) is 2.79. The van der Waals surface area contributed by atoms with Crippen molar-refractivity contribution in [2.45, 2.75) is 0 Å². The Morgan fingerprint density at radius 3 is 1.64 bits per heavy atom. The standard InChI is InChI=1S/C26H16N2/c27-17-22-15-14-21(16-23(22)18-28)25-13-7-12-24(19-8-3-1-4-9-19)26(25)20-10-5-2-6-11-20/h1-16H. The zero-order valence-corrected chi connectivity index (χ0v) is 15.1. The lowest BCUT2D eigenvalue weighted by Crippen LogP contribution is -1.92. The predicted molar refractivity (Wildman–Crippen MR) is 112 cm³/mol. The molecule has 28 heavy (non-hydrogen) atoms. The number of rotatable bonds is 3. The fourth-order valence-corrected chi connectivity index (χ4v) is 3.47. The van der Waals surface area contributed by atoms with Gasteiger partial charge in [0, 0.05) is 0 Å². The van der Waals surface area contributed by atoms with Gasteiger partial charge in [-0.2, -0.15) is 10.5 Å². The first kappa shape index (κ1) is 17.3. The van der Waals surface area contributed by atoms with Crippen molar-refractivity contribution < 1.29 is 0 Å². The van der Waals surface area contributed by atoms with Crippen molar-refractivity contribution in [1.29, 1.82) is 10.5 Å². The lowest BCUT2D eigenvalue weighted by Gasteiger charge is -2.16. The topological polar surface area (TPSA) is 47.6 Å². The maximum absolute atomic E-state index is 9.44. The lowest BCUT2D eigenvalue weighted by atomic mass is 9.87. The van der Waals surface area contributed by atoms with Gasteiger partial charge in [-0.1, -0.05) is 84.9 Å². The van der Waals surface area contributed by atoms with E-state index in [1.165, 1.54) is 0 Å². The van der Waals surface area contributed by atoms with Crippen molar-refractivity contribution >= 4 is 0 Å². The van der Waals surface area contributed by atoms with Crippen LogP contribution in [0.1, 0.15) is 11.1 Å². The van der Waals surface area contributed by atoms with Gasteiger partial charge in [-0.15, -0.1) is 0 Å². The van der Waals surface area contributed by atoms with Crippen LogP contribution in [0.5, 0.6) is 0 Å². The molecule has 4 aromatic rings. The summed E-state index contributed by atoms with van der Waals surface area (Å²) >= 11 is 0. The van der Waals surface area contributed by atoms with Gasteiger partial charge in [0.15, 0.2) is 0 Å². The summed E-state index contributed by atoms with van der Waals surface area (Å²) in [6.07, 6.45) is 0. The Morgan fingerprint density at radius 1 is 0.464 bits per heavy atom. The molecule has 0 aromatic heterocycles. The van der Waals surface area contributed by atoms with Crippen LogP contribution in [0.2, 0.25) is 0 Å². The number of hydrogen-bond donors (Lipinski definition) is 0. The summed E-state index contributed by atoms with van der Waals surface area (Å²) in [7, 11) is 0. The van der Waals surface area contributed by atoms with E-state index in [9.17, 15) is 10.5 Å². The third-order valence-electron chi connectivity index (χ3n) is 4.78. The number of nitriles is 2. The summed E-state index contributed by atoms with van der Waals surface area (Å²) in [5.41, 5.74) is 7.24. The van der Waals surface area contributed by atoms with Gasteiger partial charge in [0.2, 0.25) is 0 Å². The molecule has 2 heteroatoms. The molecule has 0 amide bonds. The first-order valence-electron chi connectivity index (χ1n) is 9.00. The predicted octanol–water partition coefficient (Wildman–Crippen LogP) is 6.43. The minimum absolute atomic E-state index is 0.393. The van der Waals surface area contributed by atoms with E-state index < -0.39 is 0 Å². The Hall–Kier alpha value is -4.14. The van der Waals surface area contributed by atoms with Gasteiger partial charge in [-0.25, -0.2) is 0 Å². The van der Waals surface area contributed by atoms with Crippen LogP contribution in [-0.4, -0.2) is 0 Å². The van der Waals surface area contributed by atoms with E-state index in [1.807, 2.05) is 48.5 Å². The molecule has 0 saturated carbocycles. The van der Waals surface area contributed by atoms with Crippen molar-refractivity contribution in [3.63, 3.8) is 0 Å². The first-order chi connectivity index (χ1) is 13.8. The third kappa shape index (κ3) is 3.16. The third-order valence-corrected chi connectivity index (χ3v) is 4.78. The van der Waals surface area contributed by atoms with E-state index in [2.05, 4.69) is 48.5 Å². The number of benzene rings is 4. The van der Waals surface area contributed by atoms with Crippen LogP contribution in [0, 0.1) is 22.7 Å². The lowest BCUT2D eigenvalue weighted by molar-refractivity contribution is 1.43. The van der Waals surface area contributed by atoms with Gasteiger partial charge >= 0.3 is 0 Å². The highest BCUT2D eigenvalue weighted by Gasteiger charge is 2.15. The molecule has 0 saturated heterocycles. The number of hydrogen-bond acceptors (Lipinski definition) is 2. The largest absolute Gasteiger partial charge is 0.192 e. The summed E-state index contributed by atoms with van der Waals surface area (Å²) in [5, 5.41) is 18.7. The summed E-state index contributed by atoms with van der Waals surface area (Å²) in [6.45, 7) is 0. The van der Waals surface area contributed by atoms with Crippen molar-refractivity contribution in [2.75, 3.05) is 0 Å². The second-order valence-corrected chi connectivity index (χ2v) is 6.44. The van der Waals surface area contributed by atoms with Gasteiger partial charge in [0.25, 0.3) is 0 Å². The van der Waals surface area contributed by atoms with Crippen molar-refractivity contribution in [3.05, 3.63) is 108 Å². The molecule has 0 spiro atoms. The van der Waals surface area contributed by atoms with E-state index >= 15 is 0 Å². The van der Waals surface area contributed by atoms with E-state index in [0.29, 0.717) is 11.1 Å². The molecule has 0 bridgehead atoms. The molecule has 4 aromatic carbocycles. The van der Waals surface area contributed by atoms with Crippen molar-refractivity contribution in [2.24, 2.45) is 0 Å². The van der Waals surface area contributed by atoms with Gasteiger partial charge in [-0.05, 0) is 45.5 Å². The fourth-order valence-electron chi connectivity index (χ4n) is 3.47. The molecule has 0 aliphatic rings. The van der Waals surface area contributed by atoms with Crippen LogP contribution in [0.4, 0.5) is 0 Å². The summed E-state index contributed by atoms with van der Waals surface area (Å²) in [5.74, 6) is 0. The average molecular weight is 356 g/mol. The van der Waals surface area contributed by atoms with E-state index in [4.69, 9.17) is 0 Å². The van der Waals surface area contributed by atoms with E-state index in [0.717, 1.165) is 33.4 Å². The fraction of sp³-hybridized carbons (Fsp3) is 0. The van der Waals surface area contributed by atoms with Crippen LogP contribution in [0.25, 0.3) is 33.4 Å². The Bertz CT molecular complexity index is 1210. The maximum Gasteiger partial charge on any atom is 0.101 e. The summed E-state index contributed by atoms with van der Waals surface area (Å²) in [6, 6.07) is 36.4. The molecule has 0 fully saturated rings. The highest BCUT2D eigenvalue weighted by Crippen LogP contribution is 2.40. The maximum atomic E-state index is 9.44. The van der Waals surface area contributed by atoms with Crippen molar-refractivity contribution in [3.8, 4) is 45.5 Å². The Morgan fingerprint density at radius 2 is 1.04 bits per heavy atom. The quantitative estimate of drug-likeness (QED) is 0.424. The Kier molecular flexibility index (Phi) is 4.70. The zero-order chi connectivity index (χ0) is 19.3. The van der Waals surface area contributed by atoms with Crippen LogP contribution in [0.15, 0.2) is 97.1 Å². The second kappa shape index (κ2) is 7.62. The molecule has 0 radical (unpaired) electrons. The molecular formula is C26H16N2. The van der Waals surface area contributed by atoms with Crippen LogP contribution >= 0.6 is 0 Å². The van der Waals surface area contributed by atoms with Gasteiger partial charge in [0.05, 0.1) is 11.1 Å². The van der Waals surface area contributed by atoms with E-state index in [-0.39, 0.29) is 0 Å². The van der Waals surface area contributed by atoms with Crippen LogP contribution in [0.3, 0.4) is 0 Å². The highest BCUT2D eigenvalue weighted by molar-refractivity contribution is 5.94. The molecule has 0 unspecified atom stereocenters. The Balaban J connectivity index is 2.02. The molecule has 130 valence electrons. The Labute approximate surface area is 164 Å². The molecular weight excluding hydrogens is 340 g/mol. The first-order valence-corrected chi connectivity index (χ1v) is 9.00. The van der Waals surface area contributed by atoms with Gasteiger partial charge < -0.3 is 0 Å². The zero-order valence-electron chi connectivity index (χ0n) is 15.1. The SMILES string of the molecule is N#Cc1ccc(-c2cccc(-c3ccccc3)c2-c2ccccc2)cc1C#N. The second-order valence-electron chi connectivity index (χ2n) is 6.44. The summed E-state index contributed by atoms with van der Waals surface area (Å²) < 4.78 is 0. The monoisotopic (exact) mass is 356 g/mol. The normalized spacial score (nSPS) is 10.1. The van der Waals surface area contributed by atoms with Gasteiger partial charge in [-0.3, -0.25) is 0 Å². The minimum atomic E-state index is 0.393. The van der Waals surface area contributed by atoms with Crippen LogP contribution in [-0.2, 0) is 0 Å². The van der Waals surface area contributed by atoms with Gasteiger partial charge in [0.1, 0.15) is 12.1 Å². The van der Waals surface area contributed by atoms with Crippen molar-refractivity contribution in [1.82, 2.24) is 0 Å². The molecule has 2 nitrogen and oxygen atoms in total. The smallest absolute Gasteiger partial charge is 0.101 e. The van der Waals surface area contributed by atoms with Crippen LogP contribution < -0.4 is 0 Å².